The lowest BCUT2D eigenvalue weighted by molar-refractivity contribution is -0.121. The van der Waals surface area contributed by atoms with Crippen LogP contribution in [0.25, 0.3) is 11.3 Å². The van der Waals surface area contributed by atoms with E-state index in [0.717, 1.165) is 12.0 Å². The van der Waals surface area contributed by atoms with Gasteiger partial charge in [0.25, 0.3) is 5.91 Å². The predicted molar refractivity (Wildman–Crippen MR) is 120 cm³/mol. The number of hydrogen-bond acceptors (Lipinski definition) is 5. The molecule has 0 saturated carbocycles. The summed E-state index contributed by atoms with van der Waals surface area (Å²) in [6.07, 6.45) is 4.81. The first-order valence-electron chi connectivity index (χ1n) is 10.4. The molecule has 32 heavy (non-hydrogen) atoms. The zero-order valence-electron chi connectivity index (χ0n) is 17.7. The number of hydrogen-bond donors (Lipinski definition) is 3. The number of H-pyrrole nitrogens is 1. The SMILES string of the molecule is CC(=O)Nc1ccc(NC(=O)[C@@H]2CCCN(C(=O)c3cc(-c4ccncc4)n[nH]3)C2)cc1. The van der Waals surface area contributed by atoms with Crippen molar-refractivity contribution in [3.63, 3.8) is 0 Å². The Kier molecular flexibility index (Phi) is 6.25. The summed E-state index contributed by atoms with van der Waals surface area (Å²) in [5, 5.41) is 12.6. The molecule has 1 aliphatic rings. The summed E-state index contributed by atoms with van der Waals surface area (Å²) in [7, 11) is 0. The highest BCUT2D eigenvalue weighted by Crippen LogP contribution is 2.22. The number of amides is 3. The zero-order valence-corrected chi connectivity index (χ0v) is 17.7. The first-order valence-corrected chi connectivity index (χ1v) is 10.4. The molecular formula is C23H24N6O3. The van der Waals surface area contributed by atoms with Gasteiger partial charge in [-0.3, -0.25) is 24.5 Å². The Labute approximate surface area is 185 Å². The standard InChI is InChI=1S/C23H24N6O3/c1-15(30)25-18-4-6-19(7-5-18)26-22(31)17-3-2-12-29(14-17)23(32)21-13-20(27-28-21)16-8-10-24-11-9-16/h4-11,13,17H,2-3,12,14H2,1H3,(H,25,30)(H,26,31)(H,27,28)/t17-/m1/s1. The summed E-state index contributed by atoms with van der Waals surface area (Å²) in [6.45, 7) is 2.38. The molecule has 0 aliphatic carbocycles. The summed E-state index contributed by atoms with van der Waals surface area (Å²) in [6, 6.07) is 12.3. The molecular weight excluding hydrogens is 408 g/mol. The Balaban J connectivity index is 1.37. The number of nitrogens with zero attached hydrogens (tertiary/aromatic N) is 3. The van der Waals surface area contributed by atoms with Gasteiger partial charge >= 0.3 is 0 Å². The maximum atomic E-state index is 13.0. The number of piperidine rings is 1. The minimum Gasteiger partial charge on any atom is -0.337 e. The molecule has 0 bridgehead atoms. The van der Waals surface area contributed by atoms with Crippen LogP contribution < -0.4 is 10.6 Å². The fraction of sp³-hybridized carbons (Fsp3) is 0.261. The molecule has 1 saturated heterocycles. The van der Waals surface area contributed by atoms with Gasteiger partial charge in [0.15, 0.2) is 0 Å². The van der Waals surface area contributed by atoms with E-state index in [-0.39, 0.29) is 23.6 Å². The van der Waals surface area contributed by atoms with Gasteiger partial charge in [-0.2, -0.15) is 5.10 Å². The van der Waals surface area contributed by atoms with Crippen LogP contribution >= 0.6 is 0 Å². The van der Waals surface area contributed by atoms with Gasteiger partial charge in [0, 0.05) is 49.3 Å². The lowest BCUT2D eigenvalue weighted by Crippen LogP contribution is -2.43. The van der Waals surface area contributed by atoms with E-state index < -0.39 is 0 Å². The van der Waals surface area contributed by atoms with Crippen LogP contribution in [-0.2, 0) is 9.59 Å². The van der Waals surface area contributed by atoms with E-state index in [0.29, 0.717) is 42.3 Å². The molecule has 2 aromatic heterocycles. The molecule has 164 valence electrons. The predicted octanol–water partition coefficient (Wildman–Crippen LogP) is 2.92. The van der Waals surface area contributed by atoms with Crippen LogP contribution in [0.2, 0.25) is 0 Å². The average molecular weight is 432 g/mol. The number of carbonyl (C=O) groups excluding carboxylic acids is 3. The second kappa shape index (κ2) is 9.42. The molecule has 9 nitrogen and oxygen atoms in total. The van der Waals surface area contributed by atoms with Crippen LogP contribution in [0.1, 0.15) is 30.3 Å². The topological polar surface area (TPSA) is 120 Å². The van der Waals surface area contributed by atoms with Crippen molar-refractivity contribution in [2.75, 3.05) is 23.7 Å². The van der Waals surface area contributed by atoms with Crippen molar-refractivity contribution < 1.29 is 14.4 Å². The number of rotatable bonds is 5. The lowest BCUT2D eigenvalue weighted by Gasteiger charge is -2.31. The third kappa shape index (κ3) is 5.00. The van der Waals surface area contributed by atoms with Gasteiger partial charge < -0.3 is 15.5 Å². The third-order valence-corrected chi connectivity index (χ3v) is 5.34. The Bertz CT molecular complexity index is 1110. The van der Waals surface area contributed by atoms with Crippen LogP contribution in [0, 0.1) is 5.92 Å². The Morgan fingerprint density at radius 2 is 1.72 bits per heavy atom. The number of likely N-dealkylation sites (tertiary alicyclic amines) is 1. The monoisotopic (exact) mass is 432 g/mol. The second-order valence-corrected chi connectivity index (χ2v) is 7.74. The number of anilines is 2. The molecule has 1 aliphatic heterocycles. The summed E-state index contributed by atoms with van der Waals surface area (Å²) in [5.74, 6) is -0.754. The molecule has 1 aromatic carbocycles. The van der Waals surface area contributed by atoms with E-state index in [9.17, 15) is 14.4 Å². The fourth-order valence-corrected chi connectivity index (χ4v) is 3.73. The molecule has 9 heteroatoms. The summed E-state index contributed by atoms with van der Waals surface area (Å²) in [4.78, 5) is 42.6. The van der Waals surface area contributed by atoms with Crippen molar-refractivity contribution in [1.29, 1.82) is 0 Å². The zero-order chi connectivity index (χ0) is 22.5. The van der Waals surface area contributed by atoms with E-state index in [1.165, 1.54) is 6.92 Å². The minimum absolute atomic E-state index is 0.128. The number of aromatic nitrogens is 3. The third-order valence-electron chi connectivity index (χ3n) is 5.34. The molecule has 3 N–H and O–H groups in total. The second-order valence-electron chi connectivity index (χ2n) is 7.74. The van der Waals surface area contributed by atoms with Gasteiger partial charge in [-0.05, 0) is 55.3 Å². The molecule has 1 fully saturated rings. The Hall–Kier alpha value is -4.01. The van der Waals surface area contributed by atoms with Gasteiger partial charge in [0.1, 0.15) is 5.69 Å². The van der Waals surface area contributed by atoms with Gasteiger partial charge in [-0.15, -0.1) is 0 Å². The fourth-order valence-electron chi connectivity index (χ4n) is 3.73. The number of benzene rings is 1. The maximum absolute atomic E-state index is 13.0. The molecule has 3 heterocycles. The maximum Gasteiger partial charge on any atom is 0.271 e. The smallest absolute Gasteiger partial charge is 0.271 e. The van der Waals surface area contributed by atoms with Gasteiger partial charge in [-0.1, -0.05) is 0 Å². The van der Waals surface area contributed by atoms with E-state index in [4.69, 9.17) is 0 Å². The number of nitrogens with one attached hydrogen (secondary N) is 3. The van der Waals surface area contributed by atoms with Crippen LogP contribution in [0.3, 0.4) is 0 Å². The first-order chi connectivity index (χ1) is 15.5. The Morgan fingerprint density at radius 1 is 1.03 bits per heavy atom. The van der Waals surface area contributed by atoms with Crippen LogP contribution in [0.15, 0.2) is 54.9 Å². The van der Waals surface area contributed by atoms with E-state index in [1.54, 1.807) is 47.6 Å². The van der Waals surface area contributed by atoms with Crippen molar-refractivity contribution >= 4 is 29.1 Å². The number of carbonyl (C=O) groups is 3. The highest BCUT2D eigenvalue weighted by atomic mass is 16.2. The summed E-state index contributed by atoms with van der Waals surface area (Å²) >= 11 is 0. The number of aromatic amines is 1. The molecule has 3 aromatic rings. The normalized spacial score (nSPS) is 15.8. The largest absolute Gasteiger partial charge is 0.337 e. The van der Waals surface area contributed by atoms with Crippen molar-refractivity contribution in [1.82, 2.24) is 20.1 Å². The minimum atomic E-state index is -0.301. The van der Waals surface area contributed by atoms with Crippen LogP contribution in [0.4, 0.5) is 11.4 Å². The van der Waals surface area contributed by atoms with Gasteiger partial charge in [-0.25, -0.2) is 0 Å². The van der Waals surface area contributed by atoms with Gasteiger partial charge in [0.05, 0.1) is 11.6 Å². The number of pyridine rings is 1. The summed E-state index contributed by atoms with van der Waals surface area (Å²) < 4.78 is 0. The first kappa shape index (κ1) is 21.2. The van der Waals surface area contributed by atoms with Crippen molar-refractivity contribution in [2.45, 2.75) is 19.8 Å². The quantitative estimate of drug-likeness (QED) is 0.573. The van der Waals surface area contributed by atoms with E-state index >= 15 is 0 Å². The molecule has 4 rings (SSSR count). The highest BCUT2D eigenvalue weighted by Gasteiger charge is 2.29. The lowest BCUT2D eigenvalue weighted by atomic mass is 9.96. The van der Waals surface area contributed by atoms with Crippen molar-refractivity contribution in [2.24, 2.45) is 5.92 Å². The molecule has 0 unspecified atom stereocenters. The van der Waals surface area contributed by atoms with Gasteiger partial charge in [0.2, 0.25) is 11.8 Å². The molecule has 1 atom stereocenters. The van der Waals surface area contributed by atoms with E-state index in [2.05, 4.69) is 25.8 Å². The van der Waals surface area contributed by atoms with E-state index in [1.807, 2.05) is 12.1 Å². The highest BCUT2D eigenvalue weighted by molar-refractivity contribution is 5.96. The van der Waals surface area contributed by atoms with Crippen LogP contribution in [0.5, 0.6) is 0 Å². The van der Waals surface area contributed by atoms with Crippen molar-refractivity contribution in [3.05, 3.63) is 60.6 Å². The summed E-state index contributed by atoms with van der Waals surface area (Å²) in [5.41, 5.74) is 3.24. The Morgan fingerprint density at radius 3 is 2.41 bits per heavy atom. The average Bonchev–Trinajstić information content (AvgIpc) is 3.30. The molecule has 3 amide bonds. The van der Waals surface area contributed by atoms with Crippen LogP contribution in [-0.4, -0.2) is 50.9 Å². The van der Waals surface area contributed by atoms with Crippen molar-refractivity contribution in [3.8, 4) is 11.3 Å². The molecule has 0 spiro atoms. The molecule has 0 radical (unpaired) electrons.